The van der Waals surface area contributed by atoms with Crippen LogP contribution >= 0.6 is 0 Å². The lowest BCUT2D eigenvalue weighted by Gasteiger charge is -2.31. The Labute approximate surface area is 410 Å². The fraction of sp³-hybridized carbons (Fsp3) is 0.690. The average Bonchev–Trinajstić information content (AvgIpc) is 4.02. The average molecular weight is 1010 g/mol. The van der Waals surface area contributed by atoms with Crippen molar-refractivity contribution in [3.05, 3.63) is 0 Å². The number of carbonyl (C=O) groups is 11. The summed E-state index contributed by atoms with van der Waals surface area (Å²) in [4.78, 5) is 152. The first-order valence-corrected chi connectivity index (χ1v) is 23.4. The van der Waals surface area contributed by atoms with E-state index in [2.05, 4.69) is 47.2 Å². The van der Waals surface area contributed by atoms with Crippen molar-refractivity contribution in [2.24, 2.45) is 50.3 Å². The SMILES string of the molecule is CC(C)C[C@H](NC(=O)CNC(=O)[C@@H]1CCCN1C(=O)[C@@H]1CCCN1C(=O)CNC(=O)[C@H](CO)NC(=O)[C@@H](N)CCCN=C(N)N)C(=O)N[C@@H](CCC(N)=O)C(=O)NCC(=O)N[C@H](C=O)CCCN=C(N)N. The minimum atomic E-state index is -1.43. The number of aldehydes is 1. The molecule has 2 fully saturated rings. The molecule has 0 aliphatic carbocycles. The molecule has 0 saturated carbocycles. The second-order valence-corrected chi connectivity index (χ2v) is 17.5. The van der Waals surface area contributed by atoms with Crippen molar-refractivity contribution in [2.45, 2.75) is 127 Å². The van der Waals surface area contributed by atoms with Gasteiger partial charge in [-0.15, -0.1) is 0 Å². The van der Waals surface area contributed by atoms with E-state index in [9.17, 15) is 57.8 Å². The lowest BCUT2D eigenvalue weighted by molar-refractivity contribution is -0.146. The van der Waals surface area contributed by atoms with Crippen molar-refractivity contribution in [1.82, 2.24) is 47.0 Å². The zero-order valence-electron chi connectivity index (χ0n) is 40.3. The summed E-state index contributed by atoms with van der Waals surface area (Å²) in [5.74, 6) is -7.76. The molecule has 2 rings (SSSR count). The Morgan fingerprint density at radius 2 is 1.20 bits per heavy atom. The first-order chi connectivity index (χ1) is 33.6. The van der Waals surface area contributed by atoms with Crippen LogP contribution in [0.1, 0.15) is 84.5 Å². The summed E-state index contributed by atoms with van der Waals surface area (Å²) in [5, 5.41) is 26.8. The number of hydrogen-bond donors (Lipinski definition) is 14. The molecule has 2 heterocycles. The summed E-state index contributed by atoms with van der Waals surface area (Å²) in [6.45, 7) is 1.79. The van der Waals surface area contributed by atoms with Gasteiger partial charge in [0.05, 0.1) is 38.3 Å². The van der Waals surface area contributed by atoms with E-state index < -0.39 is 128 Å². The molecule has 0 aromatic rings. The Bertz CT molecular complexity index is 1940. The van der Waals surface area contributed by atoms with Gasteiger partial charge in [-0.1, -0.05) is 13.8 Å². The highest BCUT2D eigenvalue weighted by molar-refractivity contribution is 5.97. The van der Waals surface area contributed by atoms with Crippen molar-refractivity contribution in [2.75, 3.05) is 52.4 Å². The topological polar surface area (TPSA) is 480 Å². The quantitative estimate of drug-likeness (QED) is 0.0133. The van der Waals surface area contributed by atoms with Crippen molar-refractivity contribution in [3.63, 3.8) is 0 Å². The third kappa shape index (κ3) is 22.0. The largest absolute Gasteiger partial charge is 0.394 e. The van der Waals surface area contributed by atoms with Crippen LogP contribution in [0.4, 0.5) is 0 Å². The molecule has 2 saturated heterocycles. The third-order valence-corrected chi connectivity index (χ3v) is 11.2. The van der Waals surface area contributed by atoms with Crippen LogP contribution in [-0.4, -0.2) is 187 Å². The minimum absolute atomic E-state index is 0.0798. The van der Waals surface area contributed by atoms with Gasteiger partial charge in [-0.3, -0.25) is 57.9 Å². The molecule has 2 aliphatic rings. The maximum absolute atomic E-state index is 13.9. The molecule has 10 amide bonds. The first-order valence-electron chi connectivity index (χ1n) is 23.4. The van der Waals surface area contributed by atoms with Gasteiger partial charge < -0.3 is 91.3 Å². The van der Waals surface area contributed by atoms with Gasteiger partial charge in [0.15, 0.2) is 11.9 Å². The molecule has 2 aliphatic heterocycles. The maximum Gasteiger partial charge on any atom is 0.246 e. The number of likely N-dealkylation sites (tertiary alicyclic amines) is 2. The van der Waals surface area contributed by atoms with Crippen molar-refractivity contribution in [1.29, 1.82) is 0 Å². The molecular formula is C42H73N17O12. The summed E-state index contributed by atoms with van der Waals surface area (Å²) >= 11 is 0. The van der Waals surface area contributed by atoms with Crippen molar-refractivity contribution < 1.29 is 57.8 Å². The molecule has 0 unspecified atom stereocenters. The van der Waals surface area contributed by atoms with Gasteiger partial charge >= 0.3 is 0 Å². The van der Waals surface area contributed by atoms with E-state index in [0.717, 1.165) is 0 Å². The summed E-state index contributed by atoms with van der Waals surface area (Å²) in [6.07, 6.45) is 2.54. The molecule has 7 atom stereocenters. The van der Waals surface area contributed by atoms with Crippen LogP contribution in [0, 0.1) is 5.92 Å². The van der Waals surface area contributed by atoms with Gasteiger partial charge in [0.2, 0.25) is 59.1 Å². The second kappa shape index (κ2) is 31.1. The first kappa shape index (κ1) is 60.0. The van der Waals surface area contributed by atoms with Crippen LogP contribution in [0.3, 0.4) is 0 Å². The van der Waals surface area contributed by atoms with Gasteiger partial charge in [-0.2, -0.15) is 0 Å². The van der Waals surface area contributed by atoms with Crippen LogP contribution in [0.15, 0.2) is 9.98 Å². The molecule has 398 valence electrons. The van der Waals surface area contributed by atoms with Gasteiger partial charge in [0, 0.05) is 32.6 Å². The standard InChI is InChI=1S/C42H73N17O12/c1-23(2)17-27(38(69)56-26(11-12-31(44)62)36(67)51-18-32(63)54-24(21-60)7-3-13-49-41(45)46)55-33(64)19-52-39(70)29-9-5-16-59(29)40(71)30-10-6-15-58(30)34(65)20-53-37(68)28(22-61)57-35(66)25(43)8-4-14-50-42(47)48/h21,23-30,61H,3-20,22,43H2,1-2H3,(H2,44,62)(H,51,67)(H,52,70)(H,53,68)(H,54,63)(H,55,64)(H,56,69)(H,57,66)(H4,45,46,49)(H4,47,48,50)/t24-,25-,26-,27-,28-,29-,30-/m0/s1. The number of nitrogens with zero attached hydrogens (tertiary/aromatic N) is 4. The lowest BCUT2D eigenvalue weighted by Crippen LogP contribution is -2.57. The number of carbonyl (C=O) groups excluding carboxylic acids is 11. The zero-order valence-corrected chi connectivity index (χ0v) is 40.3. The molecule has 29 heteroatoms. The van der Waals surface area contributed by atoms with Gasteiger partial charge in [0.1, 0.15) is 36.5 Å². The molecule has 29 nitrogen and oxygen atoms in total. The van der Waals surface area contributed by atoms with E-state index in [4.69, 9.17) is 34.4 Å². The van der Waals surface area contributed by atoms with E-state index in [0.29, 0.717) is 32.0 Å². The highest BCUT2D eigenvalue weighted by Gasteiger charge is 2.42. The Kier molecular flexibility index (Phi) is 26.3. The Balaban J connectivity index is 1.99. The molecule has 71 heavy (non-hydrogen) atoms. The Morgan fingerprint density at radius 1 is 0.648 bits per heavy atom. The van der Waals surface area contributed by atoms with E-state index in [1.165, 1.54) is 9.80 Å². The van der Waals surface area contributed by atoms with Crippen LogP contribution in [0.2, 0.25) is 0 Å². The monoisotopic (exact) mass is 1010 g/mol. The summed E-state index contributed by atoms with van der Waals surface area (Å²) in [7, 11) is 0. The van der Waals surface area contributed by atoms with E-state index in [1.54, 1.807) is 13.8 Å². The number of primary amides is 1. The predicted molar refractivity (Wildman–Crippen MR) is 255 cm³/mol. The van der Waals surface area contributed by atoms with Gasteiger partial charge in [-0.05, 0) is 70.1 Å². The number of nitrogens with two attached hydrogens (primary N) is 6. The number of hydrogen-bond acceptors (Lipinski definition) is 15. The Hall–Kier alpha value is -7.17. The van der Waals surface area contributed by atoms with Crippen LogP contribution in [0.25, 0.3) is 0 Å². The molecule has 0 aromatic heterocycles. The third-order valence-electron chi connectivity index (χ3n) is 11.2. The molecule has 0 bridgehead atoms. The van der Waals surface area contributed by atoms with E-state index >= 15 is 0 Å². The van der Waals surface area contributed by atoms with Crippen LogP contribution < -0.4 is 71.6 Å². The molecular weight excluding hydrogens is 935 g/mol. The van der Waals surface area contributed by atoms with Crippen LogP contribution in [-0.2, 0) is 52.7 Å². The van der Waals surface area contributed by atoms with Crippen LogP contribution in [0.5, 0.6) is 0 Å². The Morgan fingerprint density at radius 3 is 1.79 bits per heavy atom. The number of rotatable bonds is 31. The second-order valence-electron chi connectivity index (χ2n) is 17.5. The lowest BCUT2D eigenvalue weighted by atomic mass is 10.0. The molecule has 0 radical (unpaired) electrons. The number of aliphatic hydroxyl groups is 1. The minimum Gasteiger partial charge on any atom is -0.394 e. The van der Waals surface area contributed by atoms with Gasteiger partial charge in [-0.25, -0.2) is 0 Å². The highest BCUT2D eigenvalue weighted by atomic mass is 16.3. The van der Waals surface area contributed by atoms with Crippen molar-refractivity contribution in [3.8, 4) is 0 Å². The number of aliphatic imine (C=N–C) groups is 2. The summed E-state index contributed by atoms with van der Waals surface area (Å²) in [5.41, 5.74) is 32.3. The molecule has 20 N–H and O–H groups in total. The predicted octanol–water partition coefficient (Wildman–Crippen LogP) is -7.81. The number of nitrogens with one attached hydrogen (secondary N) is 7. The van der Waals surface area contributed by atoms with E-state index in [-0.39, 0.29) is 89.0 Å². The normalized spacial score (nSPS) is 17.3. The smallest absolute Gasteiger partial charge is 0.246 e. The van der Waals surface area contributed by atoms with E-state index in [1.807, 2.05) is 0 Å². The summed E-state index contributed by atoms with van der Waals surface area (Å²) < 4.78 is 0. The fourth-order valence-corrected chi connectivity index (χ4v) is 7.63. The fourth-order valence-electron chi connectivity index (χ4n) is 7.63. The maximum atomic E-state index is 13.9. The highest BCUT2D eigenvalue weighted by Crippen LogP contribution is 2.25. The van der Waals surface area contributed by atoms with Gasteiger partial charge in [0.25, 0.3) is 0 Å². The van der Waals surface area contributed by atoms with Crippen molar-refractivity contribution >= 4 is 77.3 Å². The molecule has 0 aromatic carbocycles. The number of aliphatic hydroxyl groups excluding tert-OH is 1. The molecule has 0 spiro atoms. The number of guanidine groups is 2. The summed E-state index contributed by atoms with van der Waals surface area (Å²) in [6, 6.07) is -7.93. The zero-order chi connectivity index (χ0) is 53.2. The number of amides is 10.